The molecule has 0 bridgehead atoms. The molecule has 2 aliphatic carbocycles. The van der Waals surface area contributed by atoms with Gasteiger partial charge in [0.15, 0.2) is 0 Å². The van der Waals surface area contributed by atoms with Gasteiger partial charge in [0.1, 0.15) is 0 Å². The SMILES string of the molecule is CC1=Cc2c(-c3ccc4ccccc4c3)ccc(C)c2[CH]1[Zr]([Cl])([Cl])([CH]1C(C(C)C)=Cc2c(-c3ccc4ccccc4c3)cccc21)[SiH](C)C. The molecule has 49 heavy (non-hydrogen) atoms. The van der Waals surface area contributed by atoms with E-state index in [1.165, 1.54) is 82.8 Å². The van der Waals surface area contributed by atoms with Crippen LogP contribution in [0.1, 0.15) is 55.8 Å². The Bertz CT molecular complexity index is 2380. The molecule has 245 valence electrons. The van der Waals surface area contributed by atoms with Gasteiger partial charge in [-0.15, -0.1) is 0 Å². The molecule has 0 radical (unpaired) electrons. The minimum atomic E-state index is -4.89. The summed E-state index contributed by atoms with van der Waals surface area (Å²) in [5.74, 6) is -1.34. The van der Waals surface area contributed by atoms with Crippen molar-refractivity contribution in [2.45, 2.75) is 48.0 Å². The molecule has 2 atom stereocenters. The predicted molar refractivity (Wildman–Crippen MR) is 216 cm³/mol. The van der Waals surface area contributed by atoms with E-state index in [0.29, 0.717) is 5.92 Å². The molecule has 8 rings (SSSR count). The molecule has 2 aliphatic rings. The van der Waals surface area contributed by atoms with E-state index in [1.54, 1.807) is 0 Å². The maximum absolute atomic E-state index is 8.71. The van der Waals surface area contributed by atoms with Gasteiger partial charge in [-0.1, -0.05) is 0 Å². The number of allylic oxidation sites excluding steroid dienone is 2. The van der Waals surface area contributed by atoms with Crippen molar-refractivity contribution >= 4 is 56.6 Å². The van der Waals surface area contributed by atoms with Gasteiger partial charge in [-0.3, -0.25) is 0 Å². The average molecular weight is 774 g/mol. The zero-order valence-corrected chi connectivity index (χ0v) is 34.3. The van der Waals surface area contributed by atoms with Crippen molar-refractivity contribution in [2.24, 2.45) is 5.92 Å². The van der Waals surface area contributed by atoms with Crippen molar-refractivity contribution in [3.63, 3.8) is 0 Å². The molecule has 4 heteroatoms. The number of fused-ring (bicyclic) bond motifs is 4. The van der Waals surface area contributed by atoms with E-state index in [4.69, 9.17) is 17.0 Å². The van der Waals surface area contributed by atoms with Gasteiger partial charge >= 0.3 is 303 Å². The first-order valence-electron chi connectivity index (χ1n) is 17.7. The summed E-state index contributed by atoms with van der Waals surface area (Å²) < 4.78 is 0.129. The zero-order valence-electron chi connectivity index (χ0n) is 29.2. The Morgan fingerprint density at radius 1 is 0.592 bits per heavy atom. The quantitative estimate of drug-likeness (QED) is 0.148. The second-order valence-electron chi connectivity index (χ2n) is 15.1. The minimum absolute atomic E-state index is 0.0641. The fraction of sp³-hybridized carbons (Fsp3) is 0.200. The third-order valence-corrected chi connectivity index (χ3v) is 63.6. The number of rotatable bonds is 6. The van der Waals surface area contributed by atoms with Crippen LogP contribution in [0.5, 0.6) is 0 Å². The molecule has 6 aromatic carbocycles. The summed E-state index contributed by atoms with van der Waals surface area (Å²) in [6.45, 7) is 14.1. The van der Waals surface area contributed by atoms with Crippen LogP contribution in [0.3, 0.4) is 0 Å². The van der Waals surface area contributed by atoms with Crippen LogP contribution in [0, 0.1) is 12.8 Å². The predicted octanol–water partition coefficient (Wildman–Crippen LogP) is 13.9. The van der Waals surface area contributed by atoms with Crippen LogP contribution in [0.2, 0.25) is 13.1 Å². The molecule has 0 saturated carbocycles. The summed E-state index contributed by atoms with van der Waals surface area (Å²) in [6, 6.07) is 42.5. The van der Waals surface area contributed by atoms with Gasteiger partial charge < -0.3 is 0 Å². The fourth-order valence-corrected chi connectivity index (χ4v) is 41.4. The van der Waals surface area contributed by atoms with Crippen molar-refractivity contribution in [2.75, 3.05) is 0 Å². The number of halogens is 2. The van der Waals surface area contributed by atoms with Crippen LogP contribution in [0.25, 0.3) is 56.0 Å². The second kappa shape index (κ2) is 12.1. The molecule has 0 aliphatic heterocycles. The third kappa shape index (κ3) is 5.08. The van der Waals surface area contributed by atoms with Crippen LogP contribution in [-0.2, 0) is 15.6 Å². The van der Waals surface area contributed by atoms with E-state index in [9.17, 15) is 0 Å². The Morgan fingerprint density at radius 2 is 1.16 bits per heavy atom. The number of benzene rings is 6. The van der Waals surface area contributed by atoms with Crippen LogP contribution >= 0.6 is 17.0 Å². The number of hydrogen-bond donors (Lipinski definition) is 0. The first-order valence-corrected chi connectivity index (χ1v) is 34.0. The first kappa shape index (κ1) is 33.2. The molecule has 0 nitrogen and oxygen atoms in total. The van der Waals surface area contributed by atoms with Crippen LogP contribution in [-0.4, -0.2) is 5.92 Å². The molecule has 0 fully saturated rings. The number of aryl methyl sites for hydroxylation is 1. The van der Waals surface area contributed by atoms with Crippen LogP contribution in [0.15, 0.2) is 126 Å². The summed E-state index contributed by atoms with van der Waals surface area (Å²) in [6.07, 6.45) is 4.92. The molecule has 0 saturated heterocycles. The van der Waals surface area contributed by atoms with E-state index < -0.39 is 21.5 Å². The standard InChI is InChI=1S/C22H19.C21H17.C2H7Si.2ClH.Zr/c1-15(2)20-13-18-8-5-9-21(22(18)14-20)19-11-10-16-6-3-4-7-17(16)12-19;1-14-11-20-15(2)7-10-19(21(20)12-14)18-9-8-16-5-3-4-6-17(16)13-18;1-3-2;;;/h3-15H,1-2H3;3-13H,1-2H3;3H,1-2H3;2*1H;/q;;;;;+2/p-2. The third-order valence-electron chi connectivity index (χ3n) is 11.7. The Labute approximate surface area is 300 Å². The molecule has 0 aromatic heterocycles. The van der Waals surface area contributed by atoms with Gasteiger partial charge in [-0.2, -0.15) is 0 Å². The summed E-state index contributed by atoms with van der Waals surface area (Å²) >= 11 is -4.89. The van der Waals surface area contributed by atoms with Gasteiger partial charge in [-0.05, 0) is 0 Å². The molecule has 0 heterocycles. The van der Waals surface area contributed by atoms with Crippen molar-refractivity contribution in [1.29, 1.82) is 0 Å². The molecule has 0 spiro atoms. The van der Waals surface area contributed by atoms with E-state index in [2.05, 4.69) is 168 Å². The van der Waals surface area contributed by atoms with Gasteiger partial charge in [0.25, 0.3) is 0 Å². The first-order chi connectivity index (χ1) is 23.5. The molecule has 6 aromatic rings. The Balaban J connectivity index is 1.33. The van der Waals surface area contributed by atoms with Crippen LogP contribution < -0.4 is 0 Å². The van der Waals surface area contributed by atoms with E-state index in [1.807, 2.05) is 0 Å². The normalized spacial score (nSPS) is 18.0. The van der Waals surface area contributed by atoms with Crippen molar-refractivity contribution in [1.82, 2.24) is 0 Å². The van der Waals surface area contributed by atoms with Crippen molar-refractivity contribution < 1.29 is 15.6 Å². The van der Waals surface area contributed by atoms with Gasteiger partial charge in [0, 0.05) is 0 Å². The summed E-state index contributed by atoms with van der Waals surface area (Å²) in [7, 11) is 17.4. The van der Waals surface area contributed by atoms with E-state index >= 15 is 0 Å². The summed E-state index contributed by atoms with van der Waals surface area (Å²) in [5, 5.41) is 5.04. The average Bonchev–Trinajstić information content (AvgIpc) is 3.68. The molecule has 0 amide bonds. The van der Waals surface area contributed by atoms with E-state index in [-0.39, 0.29) is 7.25 Å². The molecule has 0 N–H and O–H groups in total. The van der Waals surface area contributed by atoms with Crippen molar-refractivity contribution in [3.05, 3.63) is 154 Å². The Hall–Kier alpha value is -3.00. The topological polar surface area (TPSA) is 0 Å². The Kier molecular flexibility index (Phi) is 8.16. The summed E-state index contributed by atoms with van der Waals surface area (Å²) in [5.41, 5.74) is 14.4. The zero-order chi connectivity index (χ0) is 34.3. The van der Waals surface area contributed by atoms with Gasteiger partial charge in [0.2, 0.25) is 0 Å². The second-order valence-corrected chi connectivity index (χ2v) is 57.6. The molecule has 2 unspecified atom stereocenters. The maximum atomic E-state index is 8.71. The Morgan fingerprint density at radius 3 is 1.73 bits per heavy atom. The van der Waals surface area contributed by atoms with Crippen LogP contribution in [0.4, 0.5) is 0 Å². The molecular weight excluding hydrogens is 731 g/mol. The summed E-state index contributed by atoms with van der Waals surface area (Å²) in [4.78, 5) is 0. The monoisotopic (exact) mass is 771 g/mol. The fourth-order valence-electron chi connectivity index (χ4n) is 9.12. The number of hydrogen-bond acceptors (Lipinski definition) is 0. The van der Waals surface area contributed by atoms with E-state index in [0.717, 1.165) is 0 Å². The van der Waals surface area contributed by atoms with Gasteiger partial charge in [0.05, 0.1) is 0 Å². The van der Waals surface area contributed by atoms with Crippen molar-refractivity contribution in [3.8, 4) is 22.3 Å². The molecular formula is C45H43Cl2SiZr. The van der Waals surface area contributed by atoms with Gasteiger partial charge in [-0.25, -0.2) is 0 Å².